The van der Waals surface area contributed by atoms with Crippen molar-refractivity contribution in [2.45, 2.75) is 39.3 Å². The normalized spacial score (nSPS) is 18.3. The van der Waals surface area contributed by atoms with Crippen LogP contribution in [-0.2, 0) is 6.54 Å². The second-order valence-corrected chi connectivity index (χ2v) is 6.36. The van der Waals surface area contributed by atoms with Crippen LogP contribution in [0.4, 0.5) is 0 Å². The molecular formula is C18H21N5O. The summed E-state index contributed by atoms with van der Waals surface area (Å²) in [6.07, 6.45) is 4.33. The molecule has 0 amide bonds. The number of nitrogens with zero attached hydrogens (tertiary/aromatic N) is 5. The minimum absolute atomic E-state index is 0.359. The van der Waals surface area contributed by atoms with Gasteiger partial charge in [-0.05, 0) is 45.4 Å². The van der Waals surface area contributed by atoms with Gasteiger partial charge >= 0.3 is 0 Å². The van der Waals surface area contributed by atoms with Crippen LogP contribution in [0.3, 0.4) is 0 Å². The van der Waals surface area contributed by atoms with Gasteiger partial charge in [0, 0.05) is 18.2 Å². The molecule has 0 aliphatic carbocycles. The van der Waals surface area contributed by atoms with E-state index in [-0.39, 0.29) is 0 Å². The Balaban J connectivity index is 1.54. The molecule has 3 aromatic rings. The van der Waals surface area contributed by atoms with Crippen molar-refractivity contribution in [1.82, 2.24) is 25.1 Å². The third-order valence-corrected chi connectivity index (χ3v) is 4.71. The second kappa shape index (κ2) is 6.20. The molecule has 1 aliphatic rings. The molecule has 0 unspecified atom stereocenters. The smallest absolute Gasteiger partial charge is 0.138 e. The minimum atomic E-state index is 0.359. The predicted octanol–water partition coefficient (Wildman–Crippen LogP) is 3.21. The van der Waals surface area contributed by atoms with Gasteiger partial charge in [-0.1, -0.05) is 28.6 Å². The molecule has 0 radical (unpaired) electrons. The molecule has 0 bridgehead atoms. The molecule has 0 saturated carbocycles. The van der Waals surface area contributed by atoms with E-state index in [0.717, 1.165) is 42.3 Å². The highest BCUT2D eigenvalue weighted by Crippen LogP contribution is 2.36. The number of hydrogen-bond acceptors (Lipinski definition) is 5. The molecule has 0 N–H and O–H groups in total. The van der Waals surface area contributed by atoms with Gasteiger partial charge < -0.3 is 4.52 Å². The number of benzene rings is 1. The van der Waals surface area contributed by atoms with Gasteiger partial charge in [0.25, 0.3) is 0 Å². The maximum atomic E-state index is 5.36. The van der Waals surface area contributed by atoms with Crippen molar-refractivity contribution in [3.05, 3.63) is 59.2 Å². The first-order chi connectivity index (χ1) is 11.7. The highest BCUT2D eigenvalue weighted by Gasteiger charge is 2.31. The monoisotopic (exact) mass is 323 g/mol. The average Bonchev–Trinajstić information content (AvgIpc) is 3.31. The van der Waals surface area contributed by atoms with Crippen LogP contribution in [0.25, 0.3) is 5.69 Å². The van der Waals surface area contributed by atoms with E-state index in [4.69, 9.17) is 4.52 Å². The Labute approximate surface area is 141 Å². The third-order valence-electron chi connectivity index (χ3n) is 4.71. The fourth-order valence-corrected chi connectivity index (χ4v) is 3.59. The lowest BCUT2D eigenvalue weighted by atomic mass is 10.0. The van der Waals surface area contributed by atoms with E-state index in [1.807, 2.05) is 55.1 Å². The van der Waals surface area contributed by atoms with Crippen molar-refractivity contribution < 1.29 is 4.52 Å². The van der Waals surface area contributed by atoms with E-state index in [9.17, 15) is 0 Å². The summed E-state index contributed by atoms with van der Waals surface area (Å²) >= 11 is 0. The Morgan fingerprint density at radius 2 is 2.04 bits per heavy atom. The maximum absolute atomic E-state index is 5.36. The Bertz CT molecular complexity index is 804. The number of hydrogen-bond donors (Lipinski definition) is 0. The molecule has 3 heterocycles. The first-order valence-electron chi connectivity index (χ1n) is 8.36. The van der Waals surface area contributed by atoms with Gasteiger partial charge in [-0.3, -0.25) is 4.90 Å². The lowest BCUT2D eigenvalue weighted by Gasteiger charge is -2.23. The number of rotatable bonds is 4. The van der Waals surface area contributed by atoms with Gasteiger partial charge in [0.05, 0.1) is 23.3 Å². The third kappa shape index (κ3) is 2.73. The van der Waals surface area contributed by atoms with Gasteiger partial charge in [0.15, 0.2) is 0 Å². The molecule has 1 saturated heterocycles. The largest absolute Gasteiger partial charge is 0.361 e. The van der Waals surface area contributed by atoms with Crippen LogP contribution < -0.4 is 0 Å². The zero-order valence-electron chi connectivity index (χ0n) is 14.0. The van der Waals surface area contributed by atoms with Crippen LogP contribution in [0.1, 0.15) is 41.6 Å². The SMILES string of the molecule is Cc1noc(C)c1[C@H]1CCCN1Cc1cn(-c2ccccc2)nn1. The molecule has 6 heteroatoms. The average molecular weight is 323 g/mol. The van der Waals surface area contributed by atoms with E-state index in [2.05, 4.69) is 20.4 Å². The summed E-state index contributed by atoms with van der Waals surface area (Å²) < 4.78 is 7.19. The molecule has 2 aromatic heterocycles. The number of aromatic nitrogens is 4. The molecule has 1 fully saturated rings. The number of aryl methyl sites for hydroxylation is 2. The van der Waals surface area contributed by atoms with Crippen LogP contribution in [0, 0.1) is 13.8 Å². The quantitative estimate of drug-likeness (QED) is 0.738. The maximum Gasteiger partial charge on any atom is 0.138 e. The summed E-state index contributed by atoms with van der Waals surface area (Å²) in [5, 5.41) is 12.7. The lowest BCUT2D eigenvalue weighted by molar-refractivity contribution is 0.242. The molecule has 0 spiro atoms. The van der Waals surface area contributed by atoms with Gasteiger partial charge in [-0.2, -0.15) is 0 Å². The van der Waals surface area contributed by atoms with Gasteiger partial charge in [0.2, 0.25) is 0 Å². The topological polar surface area (TPSA) is 60.0 Å². The Morgan fingerprint density at radius 3 is 2.79 bits per heavy atom. The summed E-state index contributed by atoms with van der Waals surface area (Å²) in [6.45, 7) is 5.88. The van der Waals surface area contributed by atoms with E-state index >= 15 is 0 Å². The molecular weight excluding hydrogens is 302 g/mol. The first-order valence-corrected chi connectivity index (χ1v) is 8.36. The predicted molar refractivity (Wildman–Crippen MR) is 89.7 cm³/mol. The lowest BCUT2D eigenvalue weighted by Crippen LogP contribution is -2.23. The molecule has 124 valence electrons. The standard InChI is InChI=1S/C18H21N5O/c1-13-18(14(2)24-20-13)17-9-6-10-22(17)11-15-12-23(21-19-15)16-7-4-3-5-8-16/h3-5,7-8,12,17H,6,9-11H2,1-2H3/t17-/m1/s1. The van der Waals surface area contributed by atoms with Crippen molar-refractivity contribution in [1.29, 1.82) is 0 Å². The van der Waals surface area contributed by atoms with Gasteiger partial charge in [-0.25, -0.2) is 4.68 Å². The van der Waals surface area contributed by atoms with Crippen molar-refractivity contribution in [2.24, 2.45) is 0 Å². The Kier molecular flexibility index (Phi) is 3.90. The van der Waals surface area contributed by atoms with E-state index in [1.54, 1.807) is 0 Å². The summed E-state index contributed by atoms with van der Waals surface area (Å²) in [4.78, 5) is 2.45. The van der Waals surface area contributed by atoms with Crippen LogP contribution in [0.2, 0.25) is 0 Å². The molecule has 4 rings (SSSR count). The van der Waals surface area contributed by atoms with E-state index in [0.29, 0.717) is 6.04 Å². The summed E-state index contributed by atoms with van der Waals surface area (Å²) in [7, 11) is 0. The van der Waals surface area contributed by atoms with Gasteiger partial charge in [0.1, 0.15) is 5.76 Å². The Morgan fingerprint density at radius 1 is 1.21 bits per heavy atom. The zero-order chi connectivity index (χ0) is 16.5. The highest BCUT2D eigenvalue weighted by molar-refractivity contribution is 5.30. The summed E-state index contributed by atoms with van der Waals surface area (Å²) in [5.41, 5.74) is 4.25. The fraction of sp³-hybridized carbons (Fsp3) is 0.389. The molecule has 24 heavy (non-hydrogen) atoms. The van der Waals surface area contributed by atoms with E-state index in [1.165, 1.54) is 12.0 Å². The van der Waals surface area contributed by atoms with Crippen LogP contribution in [-0.4, -0.2) is 31.6 Å². The second-order valence-electron chi connectivity index (χ2n) is 6.36. The summed E-state index contributed by atoms with van der Waals surface area (Å²) in [6, 6.07) is 10.4. The Hall–Kier alpha value is -2.47. The first kappa shape index (κ1) is 15.1. The van der Waals surface area contributed by atoms with Crippen molar-refractivity contribution >= 4 is 0 Å². The van der Waals surface area contributed by atoms with Gasteiger partial charge in [-0.15, -0.1) is 5.10 Å². The zero-order valence-corrected chi connectivity index (χ0v) is 14.0. The fourth-order valence-electron chi connectivity index (χ4n) is 3.59. The van der Waals surface area contributed by atoms with Crippen molar-refractivity contribution in [3.63, 3.8) is 0 Å². The van der Waals surface area contributed by atoms with Crippen LogP contribution in [0.15, 0.2) is 41.1 Å². The van der Waals surface area contributed by atoms with Crippen molar-refractivity contribution in [3.8, 4) is 5.69 Å². The van der Waals surface area contributed by atoms with Crippen LogP contribution in [0.5, 0.6) is 0 Å². The summed E-state index contributed by atoms with van der Waals surface area (Å²) in [5.74, 6) is 0.928. The highest BCUT2D eigenvalue weighted by atomic mass is 16.5. The molecule has 1 aromatic carbocycles. The number of para-hydroxylation sites is 1. The molecule has 1 aliphatic heterocycles. The number of likely N-dealkylation sites (tertiary alicyclic amines) is 1. The van der Waals surface area contributed by atoms with Crippen LogP contribution >= 0.6 is 0 Å². The molecule has 1 atom stereocenters. The van der Waals surface area contributed by atoms with E-state index < -0.39 is 0 Å². The van der Waals surface area contributed by atoms with Crippen molar-refractivity contribution in [2.75, 3.05) is 6.54 Å². The minimum Gasteiger partial charge on any atom is -0.361 e. The molecule has 6 nitrogen and oxygen atoms in total.